The van der Waals surface area contributed by atoms with Gasteiger partial charge in [0.2, 0.25) is 10.0 Å². The Morgan fingerprint density at radius 1 is 1.41 bits per heavy atom. The second-order valence-corrected chi connectivity index (χ2v) is 6.25. The van der Waals surface area contributed by atoms with E-state index in [2.05, 4.69) is 4.98 Å². The minimum absolute atomic E-state index is 0.0419. The van der Waals surface area contributed by atoms with Crippen LogP contribution in [0, 0.1) is 0 Å². The predicted molar refractivity (Wildman–Crippen MR) is 66.0 cm³/mol. The lowest BCUT2D eigenvalue weighted by Gasteiger charge is -2.18. The topological polar surface area (TPSA) is 70.5 Å². The molecule has 1 N–H and O–H groups in total. The van der Waals surface area contributed by atoms with Gasteiger partial charge in [-0.15, -0.1) is 0 Å². The summed E-state index contributed by atoms with van der Waals surface area (Å²) in [5, 5.41) is 9.16. The Labute approximate surface area is 102 Å². The van der Waals surface area contributed by atoms with Gasteiger partial charge in [-0.3, -0.25) is 4.98 Å². The highest BCUT2D eigenvalue weighted by Gasteiger charge is 2.18. The number of hydrogen-bond donors (Lipinski definition) is 1. The molecule has 1 rings (SSSR count). The second kappa shape index (κ2) is 6.09. The van der Waals surface area contributed by atoms with Gasteiger partial charge in [-0.25, -0.2) is 12.7 Å². The van der Waals surface area contributed by atoms with Crippen molar-refractivity contribution in [3.63, 3.8) is 0 Å². The van der Waals surface area contributed by atoms with Crippen molar-refractivity contribution in [3.8, 4) is 0 Å². The Balaban J connectivity index is 2.56. The number of pyridine rings is 1. The zero-order valence-electron chi connectivity index (χ0n) is 10.1. The van der Waals surface area contributed by atoms with Gasteiger partial charge in [-0.1, -0.05) is 0 Å². The third-order valence-electron chi connectivity index (χ3n) is 2.39. The van der Waals surface area contributed by atoms with Crippen molar-refractivity contribution in [3.05, 3.63) is 30.1 Å². The van der Waals surface area contributed by atoms with Crippen LogP contribution in [0.4, 0.5) is 0 Å². The van der Waals surface area contributed by atoms with Crippen molar-refractivity contribution in [2.24, 2.45) is 0 Å². The lowest BCUT2D eigenvalue weighted by atomic mass is 10.2. The summed E-state index contributed by atoms with van der Waals surface area (Å²) in [6.45, 7) is 1.69. The van der Waals surface area contributed by atoms with E-state index in [-0.39, 0.29) is 12.3 Å². The summed E-state index contributed by atoms with van der Waals surface area (Å²) < 4.78 is 24.9. The molecule has 0 saturated heterocycles. The molecule has 1 unspecified atom stereocenters. The Hall–Kier alpha value is -0.980. The Morgan fingerprint density at radius 3 is 2.53 bits per heavy atom. The van der Waals surface area contributed by atoms with Crippen molar-refractivity contribution in [2.45, 2.75) is 19.4 Å². The summed E-state index contributed by atoms with van der Waals surface area (Å²) in [5.74, 6) is 0.0419. The molecule has 0 aliphatic rings. The van der Waals surface area contributed by atoms with Gasteiger partial charge in [0.25, 0.3) is 0 Å². The van der Waals surface area contributed by atoms with Crippen molar-refractivity contribution in [1.29, 1.82) is 0 Å². The lowest BCUT2D eigenvalue weighted by Crippen LogP contribution is -2.35. The van der Waals surface area contributed by atoms with Gasteiger partial charge in [-0.05, 0) is 31.0 Å². The highest BCUT2D eigenvalue weighted by molar-refractivity contribution is 7.89. The quantitative estimate of drug-likeness (QED) is 0.795. The number of sulfonamides is 1. The summed E-state index contributed by atoms with van der Waals surface area (Å²) in [7, 11) is -1.82. The zero-order chi connectivity index (χ0) is 12.9. The van der Waals surface area contributed by atoms with Gasteiger partial charge in [0, 0.05) is 26.0 Å². The third kappa shape index (κ3) is 4.80. The average Bonchev–Trinajstić information content (AvgIpc) is 2.27. The van der Waals surface area contributed by atoms with Gasteiger partial charge in [0.1, 0.15) is 0 Å². The van der Waals surface area contributed by atoms with E-state index in [1.54, 1.807) is 31.5 Å². The largest absolute Gasteiger partial charge is 0.392 e. The molecule has 0 bridgehead atoms. The fourth-order valence-corrected chi connectivity index (χ4v) is 2.69. The summed E-state index contributed by atoms with van der Waals surface area (Å²) in [6, 6.07) is 3.59. The van der Waals surface area contributed by atoms with E-state index in [0.29, 0.717) is 6.42 Å². The van der Waals surface area contributed by atoms with E-state index >= 15 is 0 Å². The first kappa shape index (κ1) is 14.1. The van der Waals surface area contributed by atoms with Crippen molar-refractivity contribution < 1.29 is 13.5 Å². The van der Waals surface area contributed by atoms with Crippen LogP contribution in [0.25, 0.3) is 0 Å². The number of hydrogen-bond acceptors (Lipinski definition) is 4. The van der Waals surface area contributed by atoms with Crippen LogP contribution in [-0.2, 0) is 16.4 Å². The smallest absolute Gasteiger partial charge is 0.214 e. The van der Waals surface area contributed by atoms with Gasteiger partial charge in [0.05, 0.1) is 11.9 Å². The first-order chi connectivity index (χ1) is 7.92. The van der Waals surface area contributed by atoms with Crippen LogP contribution < -0.4 is 0 Å². The maximum Gasteiger partial charge on any atom is 0.214 e. The monoisotopic (exact) mass is 258 g/mol. The third-order valence-corrected chi connectivity index (χ3v) is 4.21. The van der Waals surface area contributed by atoms with Crippen LogP contribution in [0.3, 0.4) is 0 Å². The van der Waals surface area contributed by atoms with Crippen LogP contribution in [0.2, 0.25) is 0 Å². The van der Waals surface area contributed by atoms with Crippen molar-refractivity contribution in [2.75, 3.05) is 19.3 Å². The first-order valence-corrected chi connectivity index (χ1v) is 7.03. The summed E-state index contributed by atoms with van der Waals surface area (Å²) in [6.07, 6.45) is 3.08. The molecule has 5 nitrogen and oxygen atoms in total. The molecule has 1 aromatic heterocycles. The molecule has 0 spiro atoms. The molecule has 0 saturated carbocycles. The minimum Gasteiger partial charge on any atom is -0.392 e. The molecule has 0 amide bonds. The number of aliphatic hydroxyl groups is 1. The van der Waals surface area contributed by atoms with Gasteiger partial charge < -0.3 is 5.11 Å². The van der Waals surface area contributed by atoms with Crippen LogP contribution >= 0.6 is 0 Å². The molecule has 0 fully saturated rings. The molecule has 0 aliphatic carbocycles. The van der Waals surface area contributed by atoms with Crippen LogP contribution in [0.1, 0.15) is 12.5 Å². The molecule has 17 heavy (non-hydrogen) atoms. The van der Waals surface area contributed by atoms with Crippen LogP contribution in [0.5, 0.6) is 0 Å². The van der Waals surface area contributed by atoms with E-state index in [0.717, 1.165) is 5.56 Å². The second-order valence-electron chi connectivity index (χ2n) is 4.05. The summed E-state index contributed by atoms with van der Waals surface area (Å²) >= 11 is 0. The number of aromatic nitrogens is 1. The highest BCUT2D eigenvalue weighted by Crippen LogP contribution is 2.05. The fourth-order valence-electron chi connectivity index (χ4n) is 1.44. The predicted octanol–water partition coefficient (Wildman–Crippen LogP) is 0.266. The fraction of sp³-hybridized carbons (Fsp3) is 0.545. The molecule has 1 aromatic rings. The summed E-state index contributed by atoms with van der Waals surface area (Å²) in [4.78, 5) is 3.87. The van der Waals surface area contributed by atoms with Gasteiger partial charge >= 0.3 is 0 Å². The molecule has 6 heteroatoms. The first-order valence-electron chi connectivity index (χ1n) is 5.43. The van der Waals surface area contributed by atoms with E-state index in [9.17, 15) is 8.42 Å². The Morgan fingerprint density at radius 2 is 2.00 bits per heavy atom. The van der Waals surface area contributed by atoms with Crippen molar-refractivity contribution in [1.82, 2.24) is 9.29 Å². The van der Waals surface area contributed by atoms with E-state index in [1.165, 1.54) is 11.4 Å². The maximum atomic E-state index is 11.8. The van der Waals surface area contributed by atoms with E-state index < -0.39 is 16.1 Å². The highest BCUT2D eigenvalue weighted by atomic mass is 32.2. The van der Waals surface area contributed by atoms with Crippen LogP contribution in [0.15, 0.2) is 24.5 Å². The normalized spacial score (nSPS) is 13.9. The zero-order valence-corrected chi connectivity index (χ0v) is 10.9. The SMILES string of the molecule is CC(O)CN(C)S(=O)(=O)CCc1ccncc1. The molecule has 1 heterocycles. The maximum absolute atomic E-state index is 11.8. The van der Waals surface area contributed by atoms with Crippen molar-refractivity contribution >= 4 is 10.0 Å². The van der Waals surface area contributed by atoms with E-state index in [1.807, 2.05) is 0 Å². The number of likely N-dealkylation sites (N-methyl/N-ethyl adjacent to an activating group) is 1. The number of rotatable bonds is 6. The summed E-state index contributed by atoms with van der Waals surface area (Å²) in [5.41, 5.74) is 0.939. The lowest BCUT2D eigenvalue weighted by molar-refractivity contribution is 0.171. The Bertz CT molecular complexity index is 431. The molecule has 0 aromatic carbocycles. The molecule has 0 radical (unpaired) electrons. The molecular formula is C11H18N2O3S. The molecule has 0 aliphatic heterocycles. The van der Waals surface area contributed by atoms with E-state index in [4.69, 9.17) is 5.11 Å². The number of aryl methyl sites for hydroxylation is 1. The van der Waals surface area contributed by atoms with Crippen LogP contribution in [-0.4, -0.2) is 48.3 Å². The van der Waals surface area contributed by atoms with Gasteiger partial charge in [-0.2, -0.15) is 0 Å². The number of nitrogens with zero attached hydrogens (tertiary/aromatic N) is 2. The Kier molecular flexibility index (Phi) is 5.04. The molecular weight excluding hydrogens is 240 g/mol. The standard InChI is InChI=1S/C11H18N2O3S/c1-10(14)9-13(2)17(15,16)8-5-11-3-6-12-7-4-11/h3-4,6-7,10,14H,5,8-9H2,1-2H3. The number of aliphatic hydroxyl groups excluding tert-OH is 1. The van der Waals surface area contributed by atoms with Gasteiger partial charge in [0.15, 0.2) is 0 Å². The average molecular weight is 258 g/mol. The molecule has 1 atom stereocenters. The minimum atomic E-state index is -3.30. The molecule has 96 valence electrons.